The van der Waals surface area contributed by atoms with Crippen LogP contribution in [0.1, 0.15) is 0 Å². The van der Waals surface area contributed by atoms with E-state index in [9.17, 15) is 34.4 Å². The van der Waals surface area contributed by atoms with Gasteiger partial charge in [0.2, 0.25) is 0 Å². The van der Waals surface area contributed by atoms with Gasteiger partial charge < -0.3 is 0 Å². The minimum absolute atomic E-state index is 0.134. The van der Waals surface area contributed by atoms with Gasteiger partial charge >= 0.3 is 0 Å². The van der Waals surface area contributed by atoms with E-state index >= 15 is 0 Å². The van der Waals surface area contributed by atoms with Crippen LogP contribution in [0, 0.1) is 23.3 Å². The molecule has 2 N–H and O–H groups in total. The lowest BCUT2D eigenvalue weighted by Gasteiger charge is -2.12. The number of hydrogen-bond acceptors (Lipinski definition) is 4. The first kappa shape index (κ1) is 21.6. The molecule has 3 aromatic carbocycles. The van der Waals surface area contributed by atoms with E-state index in [0.29, 0.717) is 36.4 Å². The van der Waals surface area contributed by atoms with Gasteiger partial charge in [-0.05, 0) is 42.5 Å². The Kier molecular flexibility index (Phi) is 5.72. The van der Waals surface area contributed by atoms with Gasteiger partial charge in [0.05, 0.1) is 21.2 Å². The Morgan fingerprint density at radius 3 is 1.20 bits per heavy atom. The second kappa shape index (κ2) is 7.95. The highest BCUT2D eigenvalue weighted by Crippen LogP contribution is 2.23. The fourth-order valence-electron chi connectivity index (χ4n) is 2.44. The summed E-state index contributed by atoms with van der Waals surface area (Å²) in [6.45, 7) is 0. The van der Waals surface area contributed by atoms with Crippen LogP contribution in [0.2, 0.25) is 0 Å². The van der Waals surface area contributed by atoms with Crippen LogP contribution in [0.5, 0.6) is 0 Å². The molecule has 0 aliphatic heterocycles. The van der Waals surface area contributed by atoms with Gasteiger partial charge in [0.15, 0.2) is 0 Å². The van der Waals surface area contributed by atoms with E-state index in [1.807, 2.05) is 0 Å². The van der Waals surface area contributed by atoms with E-state index in [2.05, 4.69) is 9.44 Å². The van der Waals surface area contributed by atoms with E-state index in [1.54, 1.807) is 0 Å². The SMILES string of the molecule is O=S(=O)(Nc1cccc(NS(=O)(=O)c2cc(F)cc(F)c2)c1)c1cc(F)cc(F)c1. The van der Waals surface area contributed by atoms with Crippen LogP contribution < -0.4 is 9.44 Å². The number of benzene rings is 3. The zero-order valence-corrected chi connectivity index (χ0v) is 16.4. The van der Waals surface area contributed by atoms with E-state index < -0.39 is 53.1 Å². The fraction of sp³-hybridized carbons (Fsp3) is 0. The number of anilines is 2. The molecule has 0 saturated carbocycles. The van der Waals surface area contributed by atoms with E-state index in [1.165, 1.54) is 18.2 Å². The largest absolute Gasteiger partial charge is 0.280 e. The standard InChI is InChI=1S/C18H12F4N2O4S2/c19-11-4-12(20)7-17(6-11)29(25,26)23-15-2-1-3-16(10-15)24-30(27,28)18-8-13(21)5-14(22)9-18/h1-10,23-24H. The second-order valence-electron chi connectivity index (χ2n) is 6.00. The summed E-state index contributed by atoms with van der Waals surface area (Å²) in [5.41, 5.74) is -0.268. The molecule has 0 heterocycles. The van der Waals surface area contributed by atoms with Crippen LogP contribution in [0.4, 0.5) is 28.9 Å². The summed E-state index contributed by atoms with van der Waals surface area (Å²) < 4.78 is 107. The predicted octanol–water partition coefficient (Wildman–Crippen LogP) is 3.84. The molecule has 0 bridgehead atoms. The summed E-state index contributed by atoms with van der Waals surface area (Å²) in [5, 5.41) is 0. The number of sulfonamides is 2. The van der Waals surface area contributed by atoms with Gasteiger partial charge in [0.1, 0.15) is 23.3 Å². The summed E-state index contributed by atoms with van der Waals surface area (Å²) in [7, 11) is -8.78. The maximum absolute atomic E-state index is 13.3. The van der Waals surface area contributed by atoms with Crippen LogP contribution in [0.15, 0.2) is 70.5 Å². The second-order valence-corrected chi connectivity index (χ2v) is 9.37. The molecular formula is C18H12F4N2O4S2. The molecule has 3 aromatic rings. The van der Waals surface area contributed by atoms with E-state index in [0.717, 1.165) is 6.07 Å². The van der Waals surface area contributed by atoms with Crippen LogP contribution in [0.25, 0.3) is 0 Å². The highest BCUT2D eigenvalue weighted by atomic mass is 32.2. The number of rotatable bonds is 6. The summed E-state index contributed by atoms with van der Waals surface area (Å²) in [4.78, 5) is -1.36. The van der Waals surface area contributed by atoms with Crippen LogP contribution in [0.3, 0.4) is 0 Å². The third-order valence-electron chi connectivity index (χ3n) is 3.66. The number of nitrogens with one attached hydrogen (secondary N) is 2. The molecular weight excluding hydrogens is 448 g/mol. The maximum atomic E-state index is 13.3. The Labute approximate surface area is 169 Å². The lowest BCUT2D eigenvalue weighted by Crippen LogP contribution is -2.15. The molecule has 158 valence electrons. The molecule has 3 rings (SSSR count). The Hall–Kier alpha value is -3.12. The van der Waals surface area contributed by atoms with Gasteiger partial charge in [0, 0.05) is 12.1 Å². The van der Waals surface area contributed by atoms with Crippen molar-refractivity contribution in [3.8, 4) is 0 Å². The van der Waals surface area contributed by atoms with Crippen molar-refractivity contribution in [2.24, 2.45) is 0 Å². The molecule has 30 heavy (non-hydrogen) atoms. The molecule has 0 amide bonds. The maximum Gasteiger partial charge on any atom is 0.262 e. The molecule has 12 heteroatoms. The molecule has 0 spiro atoms. The molecule has 0 unspecified atom stereocenters. The van der Waals surface area contributed by atoms with Crippen LogP contribution >= 0.6 is 0 Å². The quantitative estimate of drug-likeness (QED) is 0.547. The minimum Gasteiger partial charge on any atom is -0.280 e. The van der Waals surface area contributed by atoms with Crippen molar-refractivity contribution in [3.05, 3.63) is 83.9 Å². The Bertz CT molecular complexity index is 1190. The third kappa shape index (κ3) is 5.07. The van der Waals surface area contributed by atoms with Gasteiger partial charge in [-0.15, -0.1) is 0 Å². The van der Waals surface area contributed by atoms with Gasteiger partial charge in [0.25, 0.3) is 20.0 Å². The molecule has 0 fully saturated rings. The Morgan fingerprint density at radius 1 is 0.533 bits per heavy atom. The molecule has 0 aromatic heterocycles. The van der Waals surface area contributed by atoms with Crippen LogP contribution in [-0.2, 0) is 20.0 Å². The summed E-state index contributed by atoms with van der Waals surface area (Å²) in [6, 6.07) is 8.31. The topological polar surface area (TPSA) is 92.3 Å². The first-order valence-corrected chi connectivity index (χ1v) is 11.0. The van der Waals surface area contributed by atoms with E-state index in [-0.39, 0.29) is 11.4 Å². The zero-order chi connectivity index (χ0) is 22.1. The van der Waals surface area contributed by atoms with Crippen molar-refractivity contribution >= 4 is 31.4 Å². The van der Waals surface area contributed by atoms with E-state index in [4.69, 9.17) is 0 Å². The first-order valence-electron chi connectivity index (χ1n) is 8.02. The average Bonchev–Trinajstić information content (AvgIpc) is 2.59. The zero-order valence-electron chi connectivity index (χ0n) is 14.7. The van der Waals surface area contributed by atoms with Gasteiger partial charge in [-0.25, -0.2) is 34.4 Å². The summed E-state index contributed by atoms with van der Waals surface area (Å²) in [6.07, 6.45) is 0. The lowest BCUT2D eigenvalue weighted by molar-refractivity contribution is 0.568. The first-order chi connectivity index (χ1) is 13.9. The molecule has 0 aliphatic rings. The van der Waals surface area contributed by atoms with Gasteiger partial charge in [-0.1, -0.05) is 6.07 Å². The smallest absolute Gasteiger partial charge is 0.262 e. The monoisotopic (exact) mass is 460 g/mol. The van der Waals surface area contributed by atoms with Crippen molar-refractivity contribution in [1.29, 1.82) is 0 Å². The summed E-state index contributed by atoms with van der Waals surface area (Å²) in [5.74, 6) is -4.39. The Morgan fingerprint density at radius 2 is 0.867 bits per heavy atom. The highest BCUT2D eigenvalue weighted by molar-refractivity contribution is 7.93. The molecule has 0 radical (unpaired) electrons. The minimum atomic E-state index is -4.39. The third-order valence-corrected chi connectivity index (χ3v) is 6.38. The van der Waals surface area contributed by atoms with Crippen molar-refractivity contribution in [1.82, 2.24) is 0 Å². The predicted molar refractivity (Wildman–Crippen MR) is 101 cm³/mol. The van der Waals surface area contributed by atoms with Crippen molar-refractivity contribution in [2.45, 2.75) is 9.79 Å². The van der Waals surface area contributed by atoms with Crippen molar-refractivity contribution < 1.29 is 34.4 Å². The number of hydrogen-bond donors (Lipinski definition) is 2. The molecule has 0 aliphatic carbocycles. The number of halogens is 4. The fourth-order valence-corrected chi connectivity index (χ4v) is 4.62. The Balaban J connectivity index is 1.87. The van der Waals surface area contributed by atoms with Gasteiger partial charge in [-0.2, -0.15) is 0 Å². The van der Waals surface area contributed by atoms with Crippen molar-refractivity contribution in [2.75, 3.05) is 9.44 Å². The van der Waals surface area contributed by atoms with Crippen LogP contribution in [-0.4, -0.2) is 16.8 Å². The normalized spacial score (nSPS) is 11.9. The lowest BCUT2D eigenvalue weighted by atomic mass is 10.3. The van der Waals surface area contributed by atoms with Crippen molar-refractivity contribution in [3.63, 3.8) is 0 Å². The molecule has 6 nitrogen and oxygen atoms in total. The molecule has 0 saturated heterocycles. The summed E-state index contributed by atoms with van der Waals surface area (Å²) >= 11 is 0. The average molecular weight is 460 g/mol. The van der Waals surface area contributed by atoms with Gasteiger partial charge in [-0.3, -0.25) is 9.44 Å². The highest BCUT2D eigenvalue weighted by Gasteiger charge is 2.19. The molecule has 0 atom stereocenters.